The third kappa shape index (κ3) is 4.29. The Morgan fingerprint density at radius 2 is 1.87 bits per heavy atom. The van der Waals surface area contributed by atoms with Crippen LogP contribution in [0.25, 0.3) is 0 Å². The Bertz CT molecular complexity index is 730. The van der Waals surface area contributed by atoms with Gasteiger partial charge in [0.1, 0.15) is 5.69 Å². The molecule has 0 saturated heterocycles. The lowest BCUT2D eigenvalue weighted by Crippen LogP contribution is -2.04. The van der Waals surface area contributed by atoms with Crippen molar-refractivity contribution in [3.63, 3.8) is 0 Å². The lowest BCUT2D eigenvalue weighted by Gasteiger charge is -2.07. The Morgan fingerprint density at radius 3 is 2.57 bits per heavy atom. The van der Waals surface area contributed by atoms with Gasteiger partial charge in [0.2, 0.25) is 0 Å². The van der Waals surface area contributed by atoms with E-state index in [9.17, 15) is 18.0 Å². The first kappa shape index (κ1) is 16.5. The minimum atomic E-state index is -4.44. The minimum Gasteiger partial charge on any atom is -0.465 e. The molecule has 120 valence electrons. The number of ether oxygens (including phenoxy) is 1. The second-order valence-corrected chi connectivity index (χ2v) is 4.40. The molecule has 5 nitrogen and oxygen atoms in total. The fourth-order valence-corrected chi connectivity index (χ4v) is 1.75. The summed E-state index contributed by atoms with van der Waals surface area (Å²) in [6.45, 7) is 0. The molecule has 0 aliphatic carbocycles. The van der Waals surface area contributed by atoms with Crippen LogP contribution in [0.5, 0.6) is 0 Å². The summed E-state index contributed by atoms with van der Waals surface area (Å²) in [5, 5.41) is 7.41. The van der Waals surface area contributed by atoms with Gasteiger partial charge >= 0.3 is 12.1 Å². The van der Waals surface area contributed by atoms with Gasteiger partial charge in [-0.15, -0.1) is 5.11 Å². The Hall–Kier alpha value is -2.90. The summed E-state index contributed by atoms with van der Waals surface area (Å²) in [5.41, 5.74) is 2.16. The molecule has 0 radical (unpaired) electrons. The molecule has 2 aromatic rings. The minimum absolute atomic E-state index is 0.124. The number of rotatable bonds is 4. The maximum absolute atomic E-state index is 12.6. The molecule has 23 heavy (non-hydrogen) atoms. The molecular formula is C15H12F3N3O2. The fourth-order valence-electron chi connectivity index (χ4n) is 1.75. The molecule has 0 saturated carbocycles. The van der Waals surface area contributed by atoms with Crippen LogP contribution >= 0.6 is 0 Å². The molecule has 2 aromatic carbocycles. The molecule has 0 aliphatic rings. The highest BCUT2D eigenvalue weighted by Gasteiger charge is 2.30. The number of anilines is 1. The van der Waals surface area contributed by atoms with Crippen LogP contribution in [-0.2, 0) is 10.9 Å². The first-order valence-corrected chi connectivity index (χ1v) is 6.43. The van der Waals surface area contributed by atoms with Crippen molar-refractivity contribution in [3.05, 3.63) is 59.7 Å². The molecule has 0 bridgehead atoms. The van der Waals surface area contributed by atoms with Crippen molar-refractivity contribution in [2.24, 2.45) is 10.3 Å². The zero-order valence-corrected chi connectivity index (χ0v) is 12.0. The zero-order valence-electron chi connectivity index (χ0n) is 12.0. The van der Waals surface area contributed by atoms with E-state index in [0.29, 0.717) is 0 Å². The van der Waals surface area contributed by atoms with Crippen molar-refractivity contribution in [1.29, 1.82) is 0 Å². The van der Waals surface area contributed by atoms with Crippen LogP contribution in [0.1, 0.15) is 15.9 Å². The normalized spacial score (nSPS) is 11.5. The van der Waals surface area contributed by atoms with Crippen LogP contribution in [0.3, 0.4) is 0 Å². The highest BCUT2D eigenvalue weighted by molar-refractivity contribution is 5.94. The summed E-state index contributed by atoms with van der Waals surface area (Å²) in [6, 6.07) is 10.8. The average molecular weight is 323 g/mol. The summed E-state index contributed by atoms with van der Waals surface area (Å²) >= 11 is 0. The SMILES string of the molecule is COC(=O)c1ccccc1N=NNc1cccc(C(F)(F)F)c1. The molecule has 1 N–H and O–H groups in total. The Labute approximate surface area is 129 Å². The summed E-state index contributed by atoms with van der Waals surface area (Å²) in [6.07, 6.45) is -4.44. The quantitative estimate of drug-likeness (QED) is 0.508. The third-order valence-corrected chi connectivity index (χ3v) is 2.84. The molecule has 0 atom stereocenters. The van der Waals surface area contributed by atoms with Crippen LogP contribution in [0.4, 0.5) is 24.5 Å². The predicted octanol–water partition coefficient (Wildman–Crippen LogP) is 4.60. The van der Waals surface area contributed by atoms with Crippen LogP contribution in [0.2, 0.25) is 0 Å². The number of halogens is 3. The van der Waals surface area contributed by atoms with Gasteiger partial charge in [0.25, 0.3) is 0 Å². The van der Waals surface area contributed by atoms with E-state index in [0.717, 1.165) is 12.1 Å². The monoisotopic (exact) mass is 323 g/mol. The van der Waals surface area contributed by atoms with Crippen LogP contribution in [0.15, 0.2) is 58.9 Å². The van der Waals surface area contributed by atoms with Gasteiger partial charge in [-0.1, -0.05) is 23.4 Å². The number of esters is 1. The number of carbonyl (C=O) groups is 1. The van der Waals surface area contributed by atoms with Crippen molar-refractivity contribution in [2.75, 3.05) is 12.5 Å². The first-order valence-electron chi connectivity index (χ1n) is 6.43. The molecule has 0 aliphatic heterocycles. The largest absolute Gasteiger partial charge is 0.465 e. The van der Waals surface area contributed by atoms with E-state index in [-0.39, 0.29) is 16.9 Å². The Kier molecular flexibility index (Phi) is 4.95. The smallest absolute Gasteiger partial charge is 0.416 e. The van der Waals surface area contributed by atoms with Gasteiger partial charge in [0.05, 0.1) is 23.9 Å². The molecule has 8 heteroatoms. The molecular weight excluding hydrogens is 311 g/mol. The number of methoxy groups -OCH3 is 1. The van der Waals surface area contributed by atoms with Gasteiger partial charge < -0.3 is 4.74 Å². The van der Waals surface area contributed by atoms with E-state index >= 15 is 0 Å². The molecule has 2 rings (SSSR count). The summed E-state index contributed by atoms with van der Waals surface area (Å²) < 4.78 is 42.4. The number of alkyl halides is 3. The molecule has 0 heterocycles. The van der Waals surface area contributed by atoms with Gasteiger partial charge in [0.15, 0.2) is 0 Å². The van der Waals surface area contributed by atoms with Crippen molar-refractivity contribution in [2.45, 2.75) is 6.18 Å². The number of benzene rings is 2. The van der Waals surface area contributed by atoms with Gasteiger partial charge in [-0.25, -0.2) is 4.79 Å². The number of nitrogens with one attached hydrogen (secondary N) is 1. The van der Waals surface area contributed by atoms with Gasteiger partial charge in [0, 0.05) is 0 Å². The topological polar surface area (TPSA) is 63.0 Å². The number of hydrogen-bond acceptors (Lipinski definition) is 4. The maximum atomic E-state index is 12.6. The lowest BCUT2D eigenvalue weighted by molar-refractivity contribution is -0.137. The third-order valence-electron chi connectivity index (χ3n) is 2.84. The summed E-state index contributed by atoms with van der Waals surface area (Å²) in [7, 11) is 1.23. The van der Waals surface area contributed by atoms with E-state index < -0.39 is 17.7 Å². The van der Waals surface area contributed by atoms with Gasteiger partial charge in [-0.05, 0) is 30.3 Å². The van der Waals surface area contributed by atoms with Crippen molar-refractivity contribution in [3.8, 4) is 0 Å². The fraction of sp³-hybridized carbons (Fsp3) is 0.133. The standard InChI is InChI=1S/C15H12F3N3O2/c1-23-14(22)12-7-2-3-8-13(12)20-21-19-11-6-4-5-10(9-11)15(16,17)18/h2-9H,1H3,(H,19,20). The van der Waals surface area contributed by atoms with Gasteiger partial charge in [-0.3, -0.25) is 5.43 Å². The molecule has 0 fully saturated rings. The number of hydrogen-bond donors (Lipinski definition) is 1. The Morgan fingerprint density at radius 1 is 1.13 bits per heavy atom. The van der Waals surface area contributed by atoms with E-state index in [1.165, 1.54) is 31.4 Å². The van der Waals surface area contributed by atoms with E-state index in [1.54, 1.807) is 12.1 Å². The molecule has 0 aromatic heterocycles. The number of nitrogens with zero attached hydrogens (tertiary/aromatic N) is 2. The van der Waals surface area contributed by atoms with Crippen molar-refractivity contribution in [1.82, 2.24) is 0 Å². The second kappa shape index (κ2) is 6.91. The van der Waals surface area contributed by atoms with E-state index in [2.05, 4.69) is 20.5 Å². The Balaban J connectivity index is 2.16. The van der Waals surface area contributed by atoms with Gasteiger partial charge in [-0.2, -0.15) is 13.2 Å². The average Bonchev–Trinajstić information content (AvgIpc) is 2.54. The number of carbonyl (C=O) groups excluding carboxylic acids is 1. The molecule has 0 unspecified atom stereocenters. The van der Waals surface area contributed by atoms with E-state index in [1.807, 2.05) is 0 Å². The highest BCUT2D eigenvalue weighted by atomic mass is 19.4. The lowest BCUT2D eigenvalue weighted by atomic mass is 10.2. The maximum Gasteiger partial charge on any atom is 0.416 e. The zero-order chi connectivity index (χ0) is 16.9. The second-order valence-electron chi connectivity index (χ2n) is 4.40. The molecule has 0 spiro atoms. The van der Waals surface area contributed by atoms with Crippen LogP contribution < -0.4 is 5.43 Å². The van der Waals surface area contributed by atoms with Crippen LogP contribution in [0, 0.1) is 0 Å². The predicted molar refractivity (Wildman–Crippen MR) is 77.4 cm³/mol. The first-order chi connectivity index (χ1) is 10.9. The summed E-state index contributed by atoms with van der Waals surface area (Å²) in [4.78, 5) is 11.6. The van der Waals surface area contributed by atoms with Crippen molar-refractivity contribution < 1.29 is 22.7 Å². The highest BCUT2D eigenvalue weighted by Crippen LogP contribution is 2.30. The van der Waals surface area contributed by atoms with Crippen LogP contribution in [-0.4, -0.2) is 13.1 Å². The van der Waals surface area contributed by atoms with Crippen molar-refractivity contribution >= 4 is 17.3 Å². The molecule has 0 amide bonds. The van der Waals surface area contributed by atoms with E-state index in [4.69, 9.17) is 0 Å². The summed E-state index contributed by atoms with van der Waals surface area (Å²) in [5.74, 6) is -0.585.